The second-order valence-corrected chi connectivity index (χ2v) is 6.54. The van der Waals surface area contributed by atoms with Gasteiger partial charge in [0.15, 0.2) is 0 Å². The van der Waals surface area contributed by atoms with Crippen molar-refractivity contribution in [3.63, 3.8) is 0 Å². The molecular weight excluding hydrogens is 244 g/mol. The molecule has 2 heteroatoms. The van der Waals surface area contributed by atoms with Crippen LogP contribution in [0.3, 0.4) is 0 Å². The lowest BCUT2D eigenvalue weighted by atomic mass is 9.93. The van der Waals surface area contributed by atoms with Gasteiger partial charge in [-0.3, -0.25) is 4.90 Å². The molecule has 1 aromatic rings. The maximum absolute atomic E-state index is 3.74. The van der Waals surface area contributed by atoms with Gasteiger partial charge in [-0.25, -0.2) is 0 Å². The quantitative estimate of drug-likeness (QED) is 0.878. The number of nitrogens with zero attached hydrogens (tertiary/aromatic N) is 1. The third kappa shape index (κ3) is 2.77. The fraction of sp³-hybridized carbons (Fsp3) is 0.667. The summed E-state index contributed by atoms with van der Waals surface area (Å²) in [6, 6.07) is 13.9. The van der Waals surface area contributed by atoms with E-state index in [0.717, 1.165) is 18.1 Å². The SMILES string of the molecule is CCCNC1CC2CCC(C1)N2C(C)c1ccccc1. The first-order valence-electron chi connectivity index (χ1n) is 8.35. The van der Waals surface area contributed by atoms with E-state index in [-0.39, 0.29) is 0 Å². The van der Waals surface area contributed by atoms with E-state index in [1.54, 1.807) is 0 Å². The van der Waals surface area contributed by atoms with Gasteiger partial charge in [-0.2, -0.15) is 0 Å². The lowest BCUT2D eigenvalue weighted by Crippen LogP contribution is -2.49. The second kappa shape index (κ2) is 6.28. The summed E-state index contributed by atoms with van der Waals surface area (Å²) in [6.45, 7) is 5.83. The maximum atomic E-state index is 3.74. The van der Waals surface area contributed by atoms with E-state index in [4.69, 9.17) is 0 Å². The summed E-state index contributed by atoms with van der Waals surface area (Å²) >= 11 is 0. The van der Waals surface area contributed by atoms with Gasteiger partial charge in [0.1, 0.15) is 0 Å². The van der Waals surface area contributed by atoms with Gasteiger partial charge in [0, 0.05) is 24.2 Å². The Balaban J connectivity index is 1.68. The molecular formula is C18H28N2. The molecule has 110 valence electrons. The fourth-order valence-corrected chi connectivity index (χ4v) is 4.26. The van der Waals surface area contributed by atoms with E-state index in [9.17, 15) is 0 Å². The number of nitrogens with one attached hydrogen (secondary N) is 1. The Morgan fingerprint density at radius 1 is 1.15 bits per heavy atom. The van der Waals surface area contributed by atoms with Gasteiger partial charge in [0.05, 0.1) is 0 Å². The van der Waals surface area contributed by atoms with Crippen molar-refractivity contribution in [2.24, 2.45) is 0 Å². The normalized spacial score (nSPS) is 31.4. The Hall–Kier alpha value is -0.860. The van der Waals surface area contributed by atoms with E-state index in [1.165, 1.54) is 44.2 Å². The molecule has 2 heterocycles. The van der Waals surface area contributed by atoms with Crippen LogP contribution in [0.2, 0.25) is 0 Å². The number of hydrogen-bond donors (Lipinski definition) is 1. The minimum Gasteiger partial charge on any atom is -0.314 e. The van der Waals surface area contributed by atoms with E-state index in [2.05, 4.69) is 54.4 Å². The van der Waals surface area contributed by atoms with Crippen LogP contribution in [0.15, 0.2) is 30.3 Å². The van der Waals surface area contributed by atoms with Gasteiger partial charge in [-0.05, 0) is 51.1 Å². The lowest BCUT2D eigenvalue weighted by molar-refractivity contribution is 0.0771. The first-order valence-corrected chi connectivity index (χ1v) is 8.35. The molecule has 0 aromatic heterocycles. The number of hydrogen-bond acceptors (Lipinski definition) is 2. The summed E-state index contributed by atoms with van der Waals surface area (Å²) in [6.07, 6.45) is 6.72. The summed E-state index contributed by atoms with van der Waals surface area (Å²) in [5.74, 6) is 0. The van der Waals surface area contributed by atoms with E-state index < -0.39 is 0 Å². The molecule has 0 saturated carbocycles. The van der Waals surface area contributed by atoms with E-state index in [1.807, 2.05) is 0 Å². The molecule has 0 spiro atoms. The van der Waals surface area contributed by atoms with Gasteiger partial charge < -0.3 is 5.32 Å². The van der Waals surface area contributed by atoms with Crippen molar-refractivity contribution >= 4 is 0 Å². The van der Waals surface area contributed by atoms with Crippen LogP contribution in [0.5, 0.6) is 0 Å². The fourth-order valence-electron chi connectivity index (χ4n) is 4.26. The predicted octanol–water partition coefficient (Wildman–Crippen LogP) is 3.74. The molecule has 20 heavy (non-hydrogen) atoms. The van der Waals surface area contributed by atoms with Gasteiger partial charge in [-0.15, -0.1) is 0 Å². The zero-order chi connectivity index (χ0) is 13.9. The number of piperidine rings is 1. The van der Waals surface area contributed by atoms with Crippen LogP contribution in [0.1, 0.15) is 57.6 Å². The van der Waals surface area contributed by atoms with Gasteiger partial charge >= 0.3 is 0 Å². The van der Waals surface area contributed by atoms with Crippen LogP contribution in [-0.2, 0) is 0 Å². The zero-order valence-corrected chi connectivity index (χ0v) is 12.9. The summed E-state index contributed by atoms with van der Waals surface area (Å²) in [5, 5.41) is 3.74. The van der Waals surface area contributed by atoms with Crippen LogP contribution in [0.4, 0.5) is 0 Å². The molecule has 3 unspecified atom stereocenters. The standard InChI is InChI=1S/C18H28N2/c1-3-11-19-16-12-17-9-10-18(13-16)20(17)14(2)15-7-5-4-6-8-15/h4-8,14,16-19H,3,9-13H2,1-2H3. The van der Waals surface area contributed by atoms with Crippen molar-refractivity contribution in [3.05, 3.63) is 35.9 Å². The highest BCUT2D eigenvalue weighted by molar-refractivity contribution is 5.20. The molecule has 2 aliphatic heterocycles. The molecule has 3 atom stereocenters. The van der Waals surface area contributed by atoms with Crippen LogP contribution in [-0.4, -0.2) is 29.6 Å². The summed E-state index contributed by atoms with van der Waals surface area (Å²) in [5.41, 5.74) is 1.48. The average molecular weight is 272 g/mol. The van der Waals surface area contributed by atoms with Crippen LogP contribution in [0.25, 0.3) is 0 Å². The van der Waals surface area contributed by atoms with Crippen molar-refractivity contribution in [1.82, 2.24) is 10.2 Å². The third-order valence-corrected chi connectivity index (χ3v) is 5.20. The molecule has 0 radical (unpaired) electrons. The van der Waals surface area contributed by atoms with Gasteiger partial charge in [0.2, 0.25) is 0 Å². The zero-order valence-electron chi connectivity index (χ0n) is 12.9. The molecule has 2 saturated heterocycles. The average Bonchev–Trinajstić information content (AvgIpc) is 2.76. The van der Waals surface area contributed by atoms with Crippen molar-refractivity contribution in [3.8, 4) is 0 Å². The Morgan fingerprint density at radius 2 is 1.80 bits per heavy atom. The predicted molar refractivity (Wildman–Crippen MR) is 84.8 cm³/mol. The van der Waals surface area contributed by atoms with Gasteiger partial charge in [-0.1, -0.05) is 37.3 Å². The minimum absolute atomic E-state index is 0.570. The monoisotopic (exact) mass is 272 g/mol. The van der Waals surface area contributed by atoms with Crippen molar-refractivity contribution in [2.75, 3.05) is 6.54 Å². The van der Waals surface area contributed by atoms with Crippen molar-refractivity contribution < 1.29 is 0 Å². The Morgan fingerprint density at radius 3 is 2.40 bits per heavy atom. The largest absolute Gasteiger partial charge is 0.314 e. The molecule has 1 N–H and O–H groups in total. The highest BCUT2D eigenvalue weighted by Gasteiger charge is 2.42. The Bertz CT molecular complexity index is 403. The van der Waals surface area contributed by atoms with E-state index >= 15 is 0 Å². The highest BCUT2D eigenvalue weighted by atomic mass is 15.3. The molecule has 2 aliphatic rings. The Labute approximate surface area is 123 Å². The molecule has 0 amide bonds. The molecule has 2 fully saturated rings. The van der Waals surface area contributed by atoms with E-state index in [0.29, 0.717) is 6.04 Å². The maximum Gasteiger partial charge on any atom is 0.0325 e. The number of rotatable bonds is 5. The van der Waals surface area contributed by atoms with Crippen LogP contribution in [0, 0.1) is 0 Å². The van der Waals surface area contributed by atoms with Crippen LogP contribution < -0.4 is 5.32 Å². The highest BCUT2D eigenvalue weighted by Crippen LogP contribution is 2.41. The Kier molecular flexibility index (Phi) is 4.42. The summed E-state index contributed by atoms with van der Waals surface area (Å²) in [7, 11) is 0. The third-order valence-electron chi connectivity index (χ3n) is 5.20. The summed E-state index contributed by atoms with van der Waals surface area (Å²) < 4.78 is 0. The first-order chi connectivity index (χ1) is 9.79. The van der Waals surface area contributed by atoms with Crippen LogP contribution >= 0.6 is 0 Å². The molecule has 1 aromatic carbocycles. The minimum atomic E-state index is 0.570. The molecule has 2 bridgehead atoms. The van der Waals surface area contributed by atoms with Gasteiger partial charge in [0.25, 0.3) is 0 Å². The van der Waals surface area contributed by atoms with Crippen molar-refractivity contribution in [2.45, 2.75) is 70.1 Å². The smallest absolute Gasteiger partial charge is 0.0325 e. The lowest BCUT2D eigenvalue weighted by Gasteiger charge is -2.43. The molecule has 2 nitrogen and oxygen atoms in total. The molecule has 3 rings (SSSR count). The summed E-state index contributed by atoms with van der Waals surface area (Å²) in [4.78, 5) is 2.81. The topological polar surface area (TPSA) is 15.3 Å². The number of benzene rings is 1. The second-order valence-electron chi connectivity index (χ2n) is 6.54. The first kappa shape index (κ1) is 14.1. The number of fused-ring (bicyclic) bond motifs is 2. The van der Waals surface area contributed by atoms with Crippen molar-refractivity contribution in [1.29, 1.82) is 0 Å². The molecule has 0 aliphatic carbocycles.